The standard InChI is InChI=1S/C24H28N4O4/c25-24(31)18-6-4-5-17(13-18)19-8-9-20(26-14-19)21-15-28(11-12-32-21)23(30)16-27-10-3-1-2-7-22(27)29/h4-6,8-9,13-14,21H,1-3,7,10-12,15-16H2,(H2,25,31). The van der Waals surface area contributed by atoms with Crippen LogP contribution in [0.2, 0.25) is 0 Å². The van der Waals surface area contributed by atoms with E-state index in [0.717, 1.165) is 36.1 Å². The van der Waals surface area contributed by atoms with Crippen molar-refractivity contribution < 1.29 is 19.1 Å². The number of nitrogens with two attached hydrogens (primary N) is 1. The highest BCUT2D eigenvalue weighted by molar-refractivity contribution is 5.94. The van der Waals surface area contributed by atoms with E-state index in [1.54, 1.807) is 34.2 Å². The Kier molecular flexibility index (Phi) is 6.80. The predicted octanol–water partition coefficient (Wildman–Crippen LogP) is 2.15. The second kappa shape index (κ2) is 9.91. The molecule has 0 radical (unpaired) electrons. The Hall–Kier alpha value is -3.26. The molecule has 1 aromatic carbocycles. The van der Waals surface area contributed by atoms with Crippen LogP contribution in [0.3, 0.4) is 0 Å². The number of likely N-dealkylation sites (tertiary alicyclic amines) is 1. The molecule has 0 saturated carbocycles. The van der Waals surface area contributed by atoms with Crippen molar-refractivity contribution in [1.29, 1.82) is 0 Å². The molecule has 1 aromatic heterocycles. The summed E-state index contributed by atoms with van der Waals surface area (Å²) in [5.74, 6) is -0.453. The Labute approximate surface area is 187 Å². The molecule has 168 valence electrons. The van der Waals surface area contributed by atoms with E-state index in [4.69, 9.17) is 10.5 Å². The van der Waals surface area contributed by atoms with Gasteiger partial charge in [-0.3, -0.25) is 19.4 Å². The highest BCUT2D eigenvalue weighted by atomic mass is 16.5. The highest BCUT2D eigenvalue weighted by Gasteiger charge is 2.28. The molecule has 0 bridgehead atoms. The van der Waals surface area contributed by atoms with Gasteiger partial charge in [0, 0.05) is 36.8 Å². The van der Waals surface area contributed by atoms with E-state index in [0.29, 0.717) is 38.2 Å². The zero-order valence-corrected chi connectivity index (χ0v) is 18.0. The number of morpholine rings is 1. The largest absolute Gasteiger partial charge is 0.368 e. The number of nitrogens with zero attached hydrogens (tertiary/aromatic N) is 3. The summed E-state index contributed by atoms with van der Waals surface area (Å²) < 4.78 is 5.87. The maximum absolute atomic E-state index is 12.8. The number of rotatable bonds is 5. The van der Waals surface area contributed by atoms with Crippen LogP contribution < -0.4 is 5.73 Å². The Morgan fingerprint density at radius 1 is 1.09 bits per heavy atom. The van der Waals surface area contributed by atoms with Crippen LogP contribution in [-0.2, 0) is 14.3 Å². The molecule has 32 heavy (non-hydrogen) atoms. The molecule has 2 N–H and O–H groups in total. The van der Waals surface area contributed by atoms with Crippen LogP contribution in [-0.4, -0.2) is 65.3 Å². The number of aromatic nitrogens is 1. The van der Waals surface area contributed by atoms with Gasteiger partial charge in [-0.25, -0.2) is 0 Å². The predicted molar refractivity (Wildman–Crippen MR) is 119 cm³/mol. The van der Waals surface area contributed by atoms with Crippen molar-refractivity contribution in [3.63, 3.8) is 0 Å². The quantitative estimate of drug-likeness (QED) is 0.773. The number of amides is 3. The van der Waals surface area contributed by atoms with Gasteiger partial charge in [0.2, 0.25) is 17.7 Å². The normalized spacial score (nSPS) is 19.5. The van der Waals surface area contributed by atoms with Gasteiger partial charge >= 0.3 is 0 Å². The first-order chi connectivity index (χ1) is 15.5. The Bertz CT molecular complexity index is 992. The van der Waals surface area contributed by atoms with Crippen LogP contribution in [0.1, 0.15) is 47.8 Å². The monoisotopic (exact) mass is 436 g/mol. The van der Waals surface area contributed by atoms with E-state index in [2.05, 4.69) is 4.98 Å². The summed E-state index contributed by atoms with van der Waals surface area (Å²) in [6.07, 6.45) is 4.82. The molecule has 2 aliphatic rings. The first kappa shape index (κ1) is 22.0. The molecule has 3 heterocycles. The number of carbonyl (C=O) groups is 3. The van der Waals surface area contributed by atoms with Crippen LogP contribution in [0.25, 0.3) is 11.1 Å². The topological polar surface area (TPSA) is 106 Å². The van der Waals surface area contributed by atoms with Gasteiger partial charge in [-0.2, -0.15) is 0 Å². The molecular formula is C24H28N4O4. The second-order valence-corrected chi connectivity index (χ2v) is 8.24. The number of pyridine rings is 1. The zero-order chi connectivity index (χ0) is 22.5. The van der Waals surface area contributed by atoms with Crippen molar-refractivity contribution in [3.05, 3.63) is 53.9 Å². The molecule has 2 aromatic rings. The van der Waals surface area contributed by atoms with E-state index in [1.807, 2.05) is 18.2 Å². The van der Waals surface area contributed by atoms with Gasteiger partial charge in [0.05, 0.1) is 25.4 Å². The first-order valence-corrected chi connectivity index (χ1v) is 11.0. The Balaban J connectivity index is 1.41. The van der Waals surface area contributed by atoms with Crippen molar-refractivity contribution in [2.24, 2.45) is 5.73 Å². The third-order valence-corrected chi connectivity index (χ3v) is 6.01. The lowest BCUT2D eigenvalue weighted by Gasteiger charge is -2.34. The second-order valence-electron chi connectivity index (χ2n) is 8.24. The average molecular weight is 437 g/mol. The van der Waals surface area contributed by atoms with Crippen molar-refractivity contribution in [1.82, 2.24) is 14.8 Å². The summed E-state index contributed by atoms with van der Waals surface area (Å²) in [5, 5.41) is 0. The summed E-state index contributed by atoms with van der Waals surface area (Å²) in [4.78, 5) is 44.5. The van der Waals surface area contributed by atoms with Crippen LogP contribution in [0, 0.1) is 0 Å². The minimum absolute atomic E-state index is 0.0477. The molecule has 4 rings (SSSR count). The molecular weight excluding hydrogens is 408 g/mol. The maximum atomic E-state index is 12.8. The molecule has 8 heteroatoms. The first-order valence-electron chi connectivity index (χ1n) is 11.0. The molecule has 2 saturated heterocycles. The molecule has 0 spiro atoms. The Morgan fingerprint density at radius 3 is 2.75 bits per heavy atom. The third-order valence-electron chi connectivity index (χ3n) is 6.01. The molecule has 2 aliphatic heterocycles. The smallest absolute Gasteiger partial charge is 0.248 e. The molecule has 1 atom stereocenters. The van der Waals surface area contributed by atoms with Crippen LogP contribution >= 0.6 is 0 Å². The lowest BCUT2D eigenvalue weighted by Crippen LogP contribution is -2.47. The number of primary amides is 1. The minimum atomic E-state index is -0.473. The van der Waals surface area contributed by atoms with Crippen molar-refractivity contribution >= 4 is 17.7 Å². The van der Waals surface area contributed by atoms with Gasteiger partial charge in [0.15, 0.2) is 0 Å². The van der Waals surface area contributed by atoms with Crippen molar-refractivity contribution in [2.45, 2.75) is 31.8 Å². The average Bonchev–Trinajstić information content (AvgIpc) is 3.03. The highest BCUT2D eigenvalue weighted by Crippen LogP contribution is 2.25. The minimum Gasteiger partial charge on any atom is -0.368 e. The fraction of sp³-hybridized carbons (Fsp3) is 0.417. The van der Waals surface area contributed by atoms with Gasteiger partial charge in [-0.15, -0.1) is 0 Å². The number of hydrogen-bond donors (Lipinski definition) is 1. The number of ether oxygens (including phenoxy) is 1. The lowest BCUT2D eigenvalue weighted by atomic mass is 10.0. The van der Waals surface area contributed by atoms with Gasteiger partial charge in [0.25, 0.3) is 0 Å². The summed E-state index contributed by atoms with van der Waals surface area (Å²) >= 11 is 0. The SMILES string of the molecule is NC(=O)c1cccc(-c2ccc(C3CN(C(=O)CN4CCCCCC4=O)CCO3)nc2)c1. The third kappa shape index (κ3) is 5.13. The molecule has 3 amide bonds. The molecule has 2 fully saturated rings. The number of carbonyl (C=O) groups excluding carboxylic acids is 3. The number of hydrogen-bond acceptors (Lipinski definition) is 5. The summed E-state index contributed by atoms with van der Waals surface area (Å²) in [5.41, 5.74) is 8.26. The zero-order valence-electron chi connectivity index (χ0n) is 18.0. The van der Waals surface area contributed by atoms with Gasteiger partial charge < -0.3 is 20.3 Å². The van der Waals surface area contributed by atoms with E-state index in [-0.39, 0.29) is 24.5 Å². The summed E-state index contributed by atoms with van der Waals surface area (Å²) in [7, 11) is 0. The van der Waals surface area contributed by atoms with Crippen molar-refractivity contribution in [2.75, 3.05) is 32.8 Å². The maximum Gasteiger partial charge on any atom is 0.248 e. The van der Waals surface area contributed by atoms with E-state index >= 15 is 0 Å². The Morgan fingerprint density at radius 2 is 1.97 bits per heavy atom. The lowest BCUT2D eigenvalue weighted by molar-refractivity contribution is -0.145. The van der Waals surface area contributed by atoms with Gasteiger partial charge in [-0.1, -0.05) is 24.6 Å². The number of benzene rings is 1. The van der Waals surface area contributed by atoms with Crippen molar-refractivity contribution in [3.8, 4) is 11.1 Å². The molecule has 8 nitrogen and oxygen atoms in total. The molecule has 0 aliphatic carbocycles. The van der Waals surface area contributed by atoms with E-state index < -0.39 is 5.91 Å². The van der Waals surface area contributed by atoms with Gasteiger partial charge in [-0.05, 0) is 36.6 Å². The van der Waals surface area contributed by atoms with Crippen LogP contribution in [0.4, 0.5) is 0 Å². The van der Waals surface area contributed by atoms with Gasteiger partial charge in [0.1, 0.15) is 6.10 Å². The van der Waals surface area contributed by atoms with E-state index in [9.17, 15) is 14.4 Å². The molecule has 1 unspecified atom stereocenters. The fourth-order valence-corrected chi connectivity index (χ4v) is 4.14. The van der Waals surface area contributed by atoms with E-state index in [1.165, 1.54) is 0 Å². The summed E-state index contributed by atoms with van der Waals surface area (Å²) in [6.45, 7) is 2.13. The summed E-state index contributed by atoms with van der Waals surface area (Å²) in [6, 6.07) is 10.9. The fourth-order valence-electron chi connectivity index (χ4n) is 4.14. The van der Waals surface area contributed by atoms with Crippen LogP contribution in [0.5, 0.6) is 0 Å². The van der Waals surface area contributed by atoms with Crippen LogP contribution in [0.15, 0.2) is 42.6 Å².